The molecule has 2 amide bonds. The zero-order valence-electron chi connectivity index (χ0n) is 15.2. The van der Waals surface area contributed by atoms with E-state index in [9.17, 15) is 9.59 Å². The lowest BCUT2D eigenvalue weighted by Gasteiger charge is -2.47. The van der Waals surface area contributed by atoms with Gasteiger partial charge in [0.15, 0.2) is 0 Å². The van der Waals surface area contributed by atoms with Crippen molar-refractivity contribution in [1.82, 2.24) is 14.8 Å². The van der Waals surface area contributed by atoms with E-state index in [4.69, 9.17) is 5.73 Å². The third-order valence-corrected chi connectivity index (χ3v) is 5.62. The van der Waals surface area contributed by atoms with E-state index in [1.54, 1.807) is 0 Å². The van der Waals surface area contributed by atoms with Crippen LogP contribution in [0, 0.1) is 5.92 Å². The van der Waals surface area contributed by atoms with E-state index < -0.39 is 0 Å². The van der Waals surface area contributed by atoms with Crippen LogP contribution in [0.15, 0.2) is 36.4 Å². The van der Waals surface area contributed by atoms with Gasteiger partial charge in [-0.2, -0.15) is 0 Å². The van der Waals surface area contributed by atoms with Gasteiger partial charge in [0, 0.05) is 44.0 Å². The first-order chi connectivity index (χ1) is 12.7. The molecular weight excluding hydrogens is 364 g/mol. The number of hydrogen-bond acceptors (Lipinski definition) is 4. The lowest BCUT2D eigenvalue weighted by molar-refractivity contribution is -0.140. The van der Waals surface area contributed by atoms with Crippen LogP contribution in [0.5, 0.6) is 0 Å². The summed E-state index contributed by atoms with van der Waals surface area (Å²) in [5.74, 6) is 0.515. The number of para-hydroxylation sites is 1. The van der Waals surface area contributed by atoms with Crippen molar-refractivity contribution in [3.8, 4) is 0 Å². The Labute approximate surface area is 165 Å². The number of pyridine rings is 1. The molecule has 2 aromatic rings. The summed E-state index contributed by atoms with van der Waals surface area (Å²) >= 11 is 0. The minimum atomic E-state index is -0.0172. The van der Waals surface area contributed by atoms with Crippen LogP contribution in [0.4, 0.5) is 0 Å². The molecule has 0 radical (unpaired) electrons. The summed E-state index contributed by atoms with van der Waals surface area (Å²) in [6.07, 6.45) is 2.21. The maximum Gasteiger partial charge on any atom is 0.272 e. The van der Waals surface area contributed by atoms with Crippen LogP contribution in [0.1, 0.15) is 29.8 Å². The van der Waals surface area contributed by atoms with E-state index in [2.05, 4.69) is 4.98 Å². The number of fused-ring (bicyclic) bond motifs is 2. The van der Waals surface area contributed by atoms with Gasteiger partial charge in [0.05, 0.1) is 5.52 Å². The zero-order chi connectivity index (χ0) is 18.1. The van der Waals surface area contributed by atoms with E-state index in [1.165, 1.54) is 0 Å². The number of carbonyl (C=O) groups is 2. The number of hydrogen-bond donors (Lipinski definition) is 1. The molecule has 7 heteroatoms. The number of benzene rings is 1. The molecule has 4 rings (SSSR count). The minimum Gasteiger partial charge on any atom is -0.338 e. The second kappa shape index (κ2) is 8.23. The fourth-order valence-corrected chi connectivity index (χ4v) is 4.31. The second-order valence-corrected chi connectivity index (χ2v) is 7.17. The fraction of sp³-hybridized carbons (Fsp3) is 0.450. The lowest BCUT2D eigenvalue weighted by atomic mass is 9.83. The van der Waals surface area contributed by atoms with Gasteiger partial charge in [0.1, 0.15) is 5.69 Å². The Kier molecular flexibility index (Phi) is 5.97. The number of likely N-dealkylation sites (tertiary alicyclic amines) is 2. The summed E-state index contributed by atoms with van der Waals surface area (Å²) in [5.41, 5.74) is 7.01. The molecule has 2 saturated heterocycles. The Morgan fingerprint density at radius 1 is 1.19 bits per heavy atom. The highest BCUT2D eigenvalue weighted by Crippen LogP contribution is 2.31. The topological polar surface area (TPSA) is 79.5 Å². The standard InChI is InChI=1S/C20H24N4O2.ClH/c21-10-12-24-18-9-11-23(13-15(18)6-8-19(24)25)20(26)17-7-5-14-3-1-2-4-16(14)22-17;/h1-5,7,15,18H,6,8-13,21H2;1H/t15-,18+;/m0./s1. The Morgan fingerprint density at radius 2 is 2.00 bits per heavy atom. The quantitative estimate of drug-likeness (QED) is 0.872. The predicted molar refractivity (Wildman–Crippen MR) is 107 cm³/mol. The van der Waals surface area contributed by atoms with Crippen LogP contribution in [-0.2, 0) is 4.79 Å². The van der Waals surface area contributed by atoms with Gasteiger partial charge in [0.25, 0.3) is 5.91 Å². The van der Waals surface area contributed by atoms with Crippen molar-refractivity contribution in [2.75, 3.05) is 26.2 Å². The molecule has 1 aromatic carbocycles. The molecule has 0 spiro atoms. The lowest BCUT2D eigenvalue weighted by Crippen LogP contribution is -2.57. The Bertz CT molecular complexity index is 844. The Morgan fingerprint density at radius 3 is 2.81 bits per heavy atom. The average Bonchev–Trinajstić information content (AvgIpc) is 2.69. The van der Waals surface area contributed by atoms with Gasteiger partial charge in [-0.05, 0) is 30.9 Å². The third kappa shape index (κ3) is 3.77. The van der Waals surface area contributed by atoms with Gasteiger partial charge in [-0.3, -0.25) is 9.59 Å². The van der Waals surface area contributed by atoms with Crippen molar-refractivity contribution in [1.29, 1.82) is 0 Å². The summed E-state index contributed by atoms with van der Waals surface area (Å²) < 4.78 is 0. The monoisotopic (exact) mass is 388 g/mol. The Balaban J connectivity index is 0.00000210. The highest BCUT2D eigenvalue weighted by molar-refractivity contribution is 5.95. The average molecular weight is 389 g/mol. The number of rotatable bonds is 3. The minimum absolute atomic E-state index is 0. The van der Waals surface area contributed by atoms with E-state index in [0.29, 0.717) is 44.2 Å². The molecule has 2 N–H and O–H groups in total. The molecule has 2 aliphatic heterocycles. The van der Waals surface area contributed by atoms with Crippen molar-refractivity contribution in [2.45, 2.75) is 25.3 Å². The maximum absolute atomic E-state index is 13.0. The van der Waals surface area contributed by atoms with Crippen molar-refractivity contribution in [2.24, 2.45) is 11.7 Å². The molecule has 0 saturated carbocycles. The molecule has 3 heterocycles. The van der Waals surface area contributed by atoms with E-state index in [1.807, 2.05) is 46.2 Å². The highest BCUT2D eigenvalue weighted by atomic mass is 35.5. The number of nitrogens with zero attached hydrogens (tertiary/aromatic N) is 3. The first-order valence-electron chi connectivity index (χ1n) is 9.32. The highest BCUT2D eigenvalue weighted by Gasteiger charge is 2.40. The number of piperidine rings is 2. The molecule has 0 unspecified atom stereocenters. The van der Waals surface area contributed by atoms with Crippen molar-refractivity contribution < 1.29 is 9.59 Å². The Hall–Kier alpha value is -2.18. The van der Waals surface area contributed by atoms with Crippen LogP contribution >= 0.6 is 12.4 Å². The van der Waals surface area contributed by atoms with Gasteiger partial charge in [-0.15, -0.1) is 12.4 Å². The number of nitrogens with two attached hydrogens (primary N) is 1. The van der Waals surface area contributed by atoms with Crippen LogP contribution in [-0.4, -0.2) is 58.8 Å². The van der Waals surface area contributed by atoms with Crippen LogP contribution in [0.25, 0.3) is 10.9 Å². The smallest absolute Gasteiger partial charge is 0.272 e. The molecule has 0 aliphatic carbocycles. The summed E-state index contributed by atoms with van der Waals surface area (Å²) in [6, 6.07) is 11.8. The first kappa shape index (κ1) is 19.6. The van der Waals surface area contributed by atoms with Gasteiger partial charge >= 0.3 is 0 Å². The molecule has 2 aliphatic rings. The van der Waals surface area contributed by atoms with Crippen molar-refractivity contribution in [3.05, 3.63) is 42.1 Å². The summed E-state index contributed by atoms with van der Waals surface area (Å²) in [5, 5.41) is 1.03. The number of amides is 2. The molecule has 27 heavy (non-hydrogen) atoms. The second-order valence-electron chi connectivity index (χ2n) is 7.17. The van der Waals surface area contributed by atoms with Gasteiger partial charge < -0.3 is 15.5 Å². The first-order valence-corrected chi connectivity index (χ1v) is 9.32. The van der Waals surface area contributed by atoms with Gasteiger partial charge in [-0.1, -0.05) is 24.3 Å². The van der Waals surface area contributed by atoms with Crippen LogP contribution in [0.3, 0.4) is 0 Å². The van der Waals surface area contributed by atoms with Crippen molar-refractivity contribution in [3.63, 3.8) is 0 Å². The summed E-state index contributed by atoms with van der Waals surface area (Å²) in [6.45, 7) is 2.44. The van der Waals surface area contributed by atoms with Crippen LogP contribution < -0.4 is 5.73 Å². The van der Waals surface area contributed by atoms with Gasteiger partial charge in [0.2, 0.25) is 5.91 Å². The fourth-order valence-electron chi connectivity index (χ4n) is 4.31. The third-order valence-electron chi connectivity index (χ3n) is 5.62. The predicted octanol–water partition coefficient (Wildman–Crippen LogP) is 2.07. The van der Waals surface area contributed by atoms with Gasteiger partial charge in [-0.25, -0.2) is 4.98 Å². The molecule has 6 nitrogen and oxygen atoms in total. The zero-order valence-corrected chi connectivity index (χ0v) is 16.0. The molecule has 2 atom stereocenters. The summed E-state index contributed by atoms with van der Waals surface area (Å²) in [7, 11) is 0. The normalized spacial score (nSPS) is 22.3. The molecule has 1 aromatic heterocycles. The largest absolute Gasteiger partial charge is 0.338 e. The number of carbonyl (C=O) groups excluding carboxylic acids is 2. The number of aromatic nitrogens is 1. The van der Waals surface area contributed by atoms with Crippen molar-refractivity contribution >= 4 is 35.1 Å². The molecule has 0 bridgehead atoms. The SMILES string of the molecule is Cl.NCCN1C(=O)CC[C@H]2CN(C(=O)c3ccc4ccccc4n3)CC[C@H]21. The molecular formula is C20H25ClN4O2. The molecule has 2 fully saturated rings. The van der Waals surface area contributed by atoms with E-state index >= 15 is 0 Å². The van der Waals surface area contributed by atoms with E-state index in [0.717, 1.165) is 23.7 Å². The summed E-state index contributed by atoms with van der Waals surface area (Å²) in [4.78, 5) is 33.5. The maximum atomic E-state index is 13.0. The molecule has 144 valence electrons. The number of halogens is 1. The van der Waals surface area contributed by atoms with E-state index in [-0.39, 0.29) is 30.3 Å². The van der Waals surface area contributed by atoms with Crippen LogP contribution in [0.2, 0.25) is 0 Å².